The molecule has 2 aromatic heterocycles. The van der Waals surface area contributed by atoms with Crippen molar-refractivity contribution in [3.05, 3.63) is 71.7 Å². The van der Waals surface area contributed by atoms with Crippen molar-refractivity contribution in [1.82, 2.24) is 25.4 Å². The molecule has 132 valence electrons. The van der Waals surface area contributed by atoms with Crippen LogP contribution in [0.1, 0.15) is 27.7 Å². The molecule has 1 aliphatic rings. The van der Waals surface area contributed by atoms with Gasteiger partial charge in [-0.2, -0.15) is 5.10 Å². The van der Waals surface area contributed by atoms with Crippen LogP contribution in [0.3, 0.4) is 0 Å². The van der Waals surface area contributed by atoms with Crippen molar-refractivity contribution < 1.29 is 4.79 Å². The lowest BCUT2D eigenvalue weighted by molar-refractivity contribution is 0.0628. The van der Waals surface area contributed by atoms with Crippen LogP contribution in [-0.4, -0.2) is 45.6 Å². The highest BCUT2D eigenvalue weighted by Crippen LogP contribution is 2.25. The van der Waals surface area contributed by atoms with E-state index in [0.717, 1.165) is 29.9 Å². The first-order chi connectivity index (χ1) is 12.7. The molecule has 1 amide bonds. The number of hydrogen-bond donors (Lipinski definition) is 2. The van der Waals surface area contributed by atoms with Crippen LogP contribution in [-0.2, 0) is 0 Å². The lowest BCUT2D eigenvalue weighted by Crippen LogP contribution is -2.48. The van der Waals surface area contributed by atoms with E-state index in [1.165, 1.54) is 5.56 Å². The topological polar surface area (TPSA) is 73.9 Å². The van der Waals surface area contributed by atoms with Crippen molar-refractivity contribution in [3.63, 3.8) is 0 Å². The molecule has 1 atom stereocenters. The Labute approximate surface area is 152 Å². The van der Waals surface area contributed by atoms with Gasteiger partial charge in [-0.05, 0) is 24.6 Å². The molecule has 26 heavy (non-hydrogen) atoms. The van der Waals surface area contributed by atoms with Gasteiger partial charge in [0.2, 0.25) is 0 Å². The molecule has 1 unspecified atom stereocenters. The molecule has 1 aromatic carbocycles. The average Bonchev–Trinajstić information content (AvgIpc) is 3.19. The Bertz CT molecular complexity index is 888. The predicted molar refractivity (Wildman–Crippen MR) is 99.6 cm³/mol. The summed E-state index contributed by atoms with van der Waals surface area (Å²) in [5.74, 6) is -0.0359. The number of nitrogens with one attached hydrogen (secondary N) is 2. The molecule has 0 bridgehead atoms. The third-order valence-corrected chi connectivity index (χ3v) is 4.73. The number of benzene rings is 1. The number of aryl methyl sites for hydroxylation is 1. The third kappa shape index (κ3) is 3.23. The molecule has 4 rings (SSSR count). The van der Waals surface area contributed by atoms with Crippen LogP contribution >= 0.6 is 0 Å². The molecule has 1 saturated heterocycles. The number of piperazine rings is 1. The van der Waals surface area contributed by atoms with Crippen molar-refractivity contribution in [3.8, 4) is 11.3 Å². The summed E-state index contributed by atoms with van der Waals surface area (Å²) in [7, 11) is 0. The van der Waals surface area contributed by atoms with Crippen LogP contribution in [0.4, 0.5) is 0 Å². The molecule has 2 N–H and O–H groups in total. The summed E-state index contributed by atoms with van der Waals surface area (Å²) in [6.07, 6.45) is 3.57. The predicted octanol–water partition coefficient (Wildman–Crippen LogP) is 2.57. The SMILES string of the molecule is Cc1ccc(-c2cc(C(=O)N3CCNCC3c3cccnc3)[nH]n2)cc1. The number of H-pyrrole nitrogens is 1. The molecule has 6 nitrogen and oxygen atoms in total. The van der Waals surface area contributed by atoms with E-state index in [4.69, 9.17) is 0 Å². The number of hydrogen-bond acceptors (Lipinski definition) is 4. The summed E-state index contributed by atoms with van der Waals surface area (Å²) >= 11 is 0. The Kier molecular flexibility index (Phi) is 4.50. The van der Waals surface area contributed by atoms with Crippen LogP contribution < -0.4 is 5.32 Å². The zero-order valence-corrected chi connectivity index (χ0v) is 14.6. The molecule has 0 aliphatic carbocycles. The fourth-order valence-electron chi connectivity index (χ4n) is 3.28. The molecular formula is C20H21N5O. The van der Waals surface area contributed by atoms with Gasteiger partial charge in [-0.15, -0.1) is 0 Å². The summed E-state index contributed by atoms with van der Waals surface area (Å²) in [6, 6.07) is 13.8. The van der Waals surface area contributed by atoms with E-state index in [-0.39, 0.29) is 11.9 Å². The Morgan fingerprint density at radius 3 is 2.85 bits per heavy atom. The van der Waals surface area contributed by atoms with Gasteiger partial charge in [0.05, 0.1) is 11.7 Å². The van der Waals surface area contributed by atoms with Gasteiger partial charge in [0.1, 0.15) is 5.69 Å². The van der Waals surface area contributed by atoms with E-state index < -0.39 is 0 Å². The molecule has 0 spiro atoms. The molecule has 1 aliphatic heterocycles. The number of carbonyl (C=O) groups is 1. The number of aromatic amines is 1. The summed E-state index contributed by atoms with van der Waals surface area (Å²) < 4.78 is 0. The van der Waals surface area contributed by atoms with Gasteiger partial charge in [-0.1, -0.05) is 35.9 Å². The molecule has 0 radical (unpaired) electrons. The van der Waals surface area contributed by atoms with Crippen LogP contribution in [0, 0.1) is 6.92 Å². The molecule has 3 heterocycles. The Morgan fingerprint density at radius 1 is 1.23 bits per heavy atom. The Morgan fingerprint density at radius 2 is 2.08 bits per heavy atom. The fourth-order valence-corrected chi connectivity index (χ4v) is 3.28. The standard InChI is InChI=1S/C20H21N5O/c1-14-4-6-15(7-5-14)17-11-18(24-23-17)20(26)25-10-9-22-13-19(25)16-3-2-8-21-12-16/h2-8,11-12,19,22H,9-10,13H2,1H3,(H,23,24). The lowest BCUT2D eigenvalue weighted by atomic mass is 10.0. The minimum atomic E-state index is -0.0359. The van der Waals surface area contributed by atoms with Gasteiger partial charge in [0.15, 0.2) is 0 Å². The molecular weight excluding hydrogens is 326 g/mol. The van der Waals surface area contributed by atoms with E-state index in [9.17, 15) is 4.79 Å². The van der Waals surface area contributed by atoms with E-state index in [0.29, 0.717) is 12.2 Å². The van der Waals surface area contributed by atoms with Crippen molar-refractivity contribution in [1.29, 1.82) is 0 Å². The number of amides is 1. The van der Waals surface area contributed by atoms with E-state index >= 15 is 0 Å². The van der Waals surface area contributed by atoms with Crippen molar-refractivity contribution >= 4 is 5.91 Å². The first kappa shape index (κ1) is 16.5. The molecule has 0 saturated carbocycles. The maximum absolute atomic E-state index is 13.1. The Balaban J connectivity index is 1.59. The minimum Gasteiger partial charge on any atom is -0.328 e. The lowest BCUT2D eigenvalue weighted by Gasteiger charge is -2.36. The molecule has 1 fully saturated rings. The highest BCUT2D eigenvalue weighted by atomic mass is 16.2. The number of rotatable bonds is 3. The zero-order valence-electron chi connectivity index (χ0n) is 14.6. The molecule has 6 heteroatoms. The monoisotopic (exact) mass is 347 g/mol. The largest absolute Gasteiger partial charge is 0.328 e. The van der Waals surface area contributed by atoms with Crippen molar-refractivity contribution in [2.24, 2.45) is 0 Å². The van der Waals surface area contributed by atoms with Gasteiger partial charge in [-0.3, -0.25) is 14.9 Å². The maximum Gasteiger partial charge on any atom is 0.272 e. The second kappa shape index (κ2) is 7.09. The molecule has 3 aromatic rings. The normalized spacial score (nSPS) is 17.3. The second-order valence-corrected chi connectivity index (χ2v) is 6.54. The maximum atomic E-state index is 13.1. The van der Waals surface area contributed by atoms with E-state index in [2.05, 4.69) is 20.5 Å². The smallest absolute Gasteiger partial charge is 0.272 e. The zero-order chi connectivity index (χ0) is 17.9. The fraction of sp³-hybridized carbons (Fsp3) is 0.250. The summed E-state index contributed by atoms with van der Waals surface area (Å²) in [5, 5.41) is 10.6. The number of nitrogens with zero attached hydrogens (tertiary/aromatic N) is 3. The average molecular weight is 347 g/mol. The first-order valence-electron chi connectivity index (χ1n) is 8.76. The van der Waals surface area contributed by atoms with E-state index in [1.54, 1.807) is 6.20 Å². The van der Waals surface area contributed by atoms with Crippen LogP contribution in [0.15, 0.2) is 54.9 Å². The van der Waals surface area contributed by atoms with Gasteiger partial charge >= 0.3 is 0 Å². The summed E-state index contributed by atoms with van der Waals surface area (Å²) in [6.45, 7) is 4.20. The highest BCUT2D eigenvalue weighted by molar-refractivity contribution is 5.93. The summed E-state index contributed by atoms with van der Waals surface area (Å²) in [5.41, 5.74) is 4.51. The second-order valence-electron chi connectivity index (χ2n) is 6.54. The minimum absolute atomic E-state index is 0.0314. The quantitative estimate of drug-likeness (QED) is 0.764. The Hall–Kier alpha value is -2.99. The first-order valence-corrected chi connectivity index (χ1v) is 8.76. The van der Waals surface area contributed by atoms with Crippen molar-refractivity contribution in [2.75, 3.05) is 19.6 Å². The third-order valence-electron chi connectivity index (χ3n) is 4.73. The van der Waals surface area contributed by atoms with Gasteiger partial charge < -0.3 is 10.2 Å². The van der Waals surface area contributed by atoms with E-state index in [1.807, 2.05) is 60.5 Å². The summed E-state index contributed by atoms with van der Waals surface area (Å²) in [4.78, 5) is 19.2. The van der Waals surface area contributed by atoms with Crippen LogP contribution in [0.25, 0.3) is 11.3 Å². The van der Waals surface area contributed by atoms with Gasteiger partial charge in [-0.25, -0.2) is 0 Å². The highest BCUT2D eigenvalue weighted by Gasteiger charge is 2.29. The van der Waals surface area contributed by atoms with Crippen molar-refractivity contribution in [2.45, 2.75) is 13.0 Å². The number of aromatic nitrogens is 3. The van der Waals surface area contributed by atoms with Gasteiger partial charge in [0.25, 0.3) is 5.91 Å². The van der Waals surface area contributed by atoms with Crippen LogP contribution in [0.2, 0.25) is 0 Å². The van der Waals surface area contributed by atoms with Gasteiger partial charge in [0, 0.05) is 37.6 Å². The number of carbonyl (C=O) groups excluding carboxylic acids is 1. The van der Waals surface area contributed by atoms with Crippen LogP contribution in [0.5, 0.6) is 0 Å². The number of pyridine rings is 1.